The quantitative estimate of drug-likeness (QED) is 0.873. The van der Waals surface area contributed by atoms with Gasteiger partial charge in [0.05, 0.1) is 12.1 Å². The van der Waals surface area contributed by atoms with Gasteiger partial charge in [-0.2, -0.15) is 0 Å². The van der Waals surface area contributed by atoms with Gasteiger partial charge in [-0.3, -0.25) is 0 Å². The number of nitrogens with two attached hydrogens (primary N) is 1. The minimum atomic E-state index is -0.0621. The van der Waals surface area contributed by atoms with Crippen LogP contribution in [-0.4, -0.2) is 18.8 Å². The summed E-state index contributed by atoms with van der Waals surface area (Å²) in [6.45, 7) is 0.574. The second-order valence-corrected chi connectivity index (χ2v) is 5.08. The third kappa shape index (κ3) is 1.98. The van der Waals surface area contributed by atoms with Crippen LogP contribution in [0.5, 0.6) is 11.5 Å². The molecule has 17 heavy (non-hydrogen) atoms. The second-order valence-electron chi connectivity index (χ2n) is 4.67. The SMILES string of the molecule is COc1c(C2(CN)CCCC2)ccc(Cl)c1O. The van der Waals surface area contributed by atoms with Gasteiger partial charge >= 0.3 is 0 Å². The highest BCUT2D eigenvalue weighted by molar-refractivity contribution is 6.32. The smallest absolute Gasteiger partial charge is 0.177 e. The minimum absolute atomic E-state index is 0.0198. The summed E-state index contributed by atoms with van der Waals surface area (Å²) in [6, 6.07) is 3.64. The Bertz CT molecular complexity index is 414. The number of phenolic OH excluding ortho intramolecular Hbond substituents is 1. The van der Waals surface area contributed by atoms with E-state index in [4.69, 9.17) is 22.1 Å². The van der Waals surface area contributed by atoms with Crippen LogP contribution < -0.4 is 10.5 Å². The number of rotatable bonds is 3. The molecule has 0 bridgehead atoms. The molecule has 0 radical (unpaired) electrons. The fourth-order valence-electron chi connectivity index (χ4n) is 2.81. The van der Waals surface area contributed by atoms with Crippen molar-refractivity contribution in [1.29, 1.82) is 0 Å². The maximum atomic E-state index is 9.95. The molecule has 1 fully saturated rings. The molecule has 3 N–H and O–H groups in total. The van der Waals surface area contributed by atoms with Gasteiger partial charge in [0.2, 0.25) is 0 Å². The molecule has 1 aliphatic carbocycles. The molecule has 1 aliphatic rings. The van der Waals surface area contributed by atoms with Crippen LogP contribution >= 0.6 is 11.6 Å². The topological polar surface area (TPSA) is 55.5 Å². The first-order valence-corrected chi connectivity index (χ1v) is 6.28. The van der Waals surface area contributed by atoms with Crippen LogP contribution in [0.15, 0.2) is 12.1 Å². The standard InChI is InChI=1S/C13H18ClNO2/c1-17-12-9(4-5-10(14)11(12)16)13(8-15)6-2-3-7-13/h4-5,16H,2-3,6-8,15H2,1H3. The zero-order valence-corrected chi connectivity index (χ0v) is 10.8. The number of halogens is 1. The van der Waals surface area contributed by atoms with E-state index in [2.05, 4.69) is 0 Å². The Labute approximate surface area is 107 Å². The molecule has 0 saturated heterocycles. The first-order chi connectivity index (χ1) is 8.14. The van der Waals surface area contributed by atoms with Gasteiger partial charge in [0.1, 0.15) is 0 Å². The summed E-state index contributed by atoms with van der Waals surface area (Å²) in [5, 5.41) is 10.3. The number of aromatic hydroxyl groups is 1. The molecule has 0 aromatic heterocycles. The van der Waals surface area contributed by atoms with Gasteiger partial charge in [-0.15, -0.1) is 0 Å². The summed E-state index contributed by atoms with van der Waals surface area (Å²) in [6.07, 6.45) is 4.43. The van der Waals surface area contributed by atoms with Crippen molar-refractivity contribution >= 4 is 11.6 Å². The van der Waals surface area contributed by atoms with Crippen LogP contribution in [-0.2, 0) is 5.41 Å². The Balaban J connectivity index is 2.54. The van der Waals surface area contributed by atoms with Crippen LogP contribution in [0.2, 0.25) is 5.02 Å². The number of hydrogen-bond donors (Lipinski definition) is 2. The number of ether oxygens (including phenoxy) is 1. The number of hydrogen-bond acceptors (Lipinski definition) is 3. The van der Waals surface area contributed by atoms with Crippen LogP contribution in [0.25, 0.3) is 0 Å². The van der Waals surface area contributed by atoms with Crippen molar-refractivity contribution in [2.75, 3.05) is 13.7 Å². The van der Waals surface area contributed by atoms with Crippen molar-refractivity contribution < 1.29 is 9.84 Å². The largest absolute Gasteiger partial charge is 0.503 e. The van der Waals surface area contributed by atoms with E-state index in [1.807, 2.05) is 6.07 Å². The highest BCUT2D eigenvalue weighted by Gasteiger charge is 2.37. The summed E-state index contributed by atoms with van der Waals surface area (Å²) in [4.78, 5) is 0. The van der Waals surface area contributed by atoms with Crippen molar-refractivity contribution in [2.24, 2.45) is 5.73 Å². The Hall–Kier alpha value is -0.930. The number of methoxy groups -OCH3 is 1. The molecule has 1 saturated carbocycles. The van der Waals surface area contributed by atoms with Crippen LogP contribution in [0.4, 0.5) is 0 Å². The van der Waals surface area contributed by atoms with Gasteiger partial charge in [-0.1, -0.05) is 30.5 Å². The monoisotopic (exact) mass is 255 g/mol. The van der Waals surface area contributed by atoms with Crippen LogP contribution in [0.1, 0.15) is 31.2 Å². The van der Waals surface area contributed by atoms with E-state index in [9.17, 15) is 5.11 Å². The third-order valence-electron chi connectivity index (χ3n) is 3.81. The summed E-state index contributed by atoms with van der Waals surface area (Å²) in [5.41, 5.74) is 6.87. The minimum Gasteiger partial charge on any atom is -0.503 e. The maximum absolute atomic E-state index is 9.95. The lowest BCUT2D eigenvalue weighted by Crippen LogP contribution is -2.32. The van der Waals surface area contributed by atoms with E-state index in [0.29, 0.717) is 17.3 Å². The van der Waals surface area contributed by atoms with E-state index >= 15 is 0 Å². The molecule has 1 aromatic rings. The molecule has 94 valence electrons. The van der Waals surface area contributed by atoms with Gasteiger partial charge in [0.15, 0.2) is 11.5 Å². The van der Waals surface area contributed by atoms with Crippen LogP contribution in [0, 0.1) is 0 Å². The van der Waals surface area contributed by atoms with Gasteiger partial charge < -0.3 is 15.6 Å². The number of benzene rings is 1. The first-order valence-electron chi connectivity index (χ1n) is 5.90. The maximum Gasteiger partial charge on any atom is 0.177 e. The van der Waals surface area contributed by atoms with Crippen molar-refractivity contribution in [3.63, 3.8) is 0 Å². The zero-order chi connectivity index (χ0) is 12.5. The van der Waals surface area contributed by atoms with Gasteiger partial charge in [0.25, 0.3) is 0 Å². The number of phenols is 1. The second kappa shape index (κ2) is 4.75. The molecule has 0 heterocycles. The third-order valence-corrected chi connectivity index (χ3v) is 4.11. The summed E-state index contributed by atoms with van der Waals surface area (Å²) in [5.74, 6) is 0.497. The Morgan fingerprint density at radius 3 is 2.59 bits per heavy atom. The van der Waals surface area contributed by atoms with Gasteiger partial charge in [0, 0.05) is 17.5 Å². The lowest BCUT2D eigenvalue weighted by atomic mass is 9.78. The van der Waals surface area contributed by atoms with Crippen molar-refractivity contribution in [3.05, 3.63) is 22.7 Å². The van der Waals surface area contributed by atoms with E-state index < -0.39 is 0 Å². The summed E-state index contributed by atoms with van der Waals surface area (Å²) >= 11 is 5.90. The average Bonchev–Trinajstić information content (AvgIpc) is 2.82. The predicted molar refractivity (Wildman–Crippen MR) is 68.9 cm³/mol. The van der Waals surface area contributed by atoms with Crippen molar-refractivity contribution in [3.8, 4) is 11.5 Å². The van der Waals surface area contributed by atoms with E-state index in [-0.39, 0.29) is 11.2 Å². The highest BCUT2D eigenvalue weighted by Crippen LogP contribution is 2.48. The first kappa shape index (κ1) is 12.5. The normalized spacial score (nSPS) is 18.3. The molecular formula is C13H18ClNO2. The summed E-state index contributed by atoms with van der Waals surface area (Å²) < 4.78 is 5.31. The molecule has 0 unspecified atom stereocenters. The molecule has 3 nitrogen and oxygen atoms in total. The molecule has 0 amide bonds. The van der Waals surface area contributed by atoms with Crippen LogP contribution in [0.3, 0.4) is 0 Å². The van der Waals surface area contributed by atoms with E-state index in [0.717, 1.165) is 18.4 Å². The van der Waals surface area contributed by atoms with Crippen molar-refractivity contribution in [1.82, 2.24) is 0 Å². The van der Waals surface area contributed by atoms with Gasteiger partial charge in [-0.25, -0.2) is 0 Å². The molecule has 0 aliphatic heterocycles. The zero-order valence-electron chi connectivity index (χ0n) is 10.0. The summed E-state index contributed by atoms with van der Waals surface area (Å²) in [7, 11) is 1.55. The molecule has 0 spiro atoms. The molecule has 1 aromatic carbocycles. The molecule has 4 heteroatoms. The Kier molecular flexibility index (Phi) is 3.50. The predicted octanol–water partition coefficient (Wildman–Crippen LogP) is 2.82. The molecule has 2 rings (SSSR count). The fourth-order valence-corrected chi connectivity index (χ4v) is 2.96. The Morgan fingerprint density at radius 2 is 2.06 bits per heavy atom. The van der Waals surface area contributed by atoms with E-state index in [1.54, 1.807) is 13.2 Å². The Morgan fingerprint density at radius 1 is 1.41 bits per heavy atom. The molecule has 0 atom stereocenters. The van der Waals surface area contributed by atoms with Gasteiger partial charge in [-0.05, 0) is 18.9 Å². The van der Waals surface area contributed by atoms with E-state index in [1.165, 1.54) is 12.8 Å². The lowest BCUT2D eigenvalue weighted by Gasteiger charge is -2.29. The fraction of sp³-hybridized carbons (Fsp3) is 0.538. The molecular weight excluding hydrogens is 238 g/mol. The average molecular weight is 256 g/mol. The lowest BCUT2D eigenvalue weighted by molar-refractivity contribution is 0.349. The van der Waals surface area contributed by atoms with Crippen molar-refractivity contribution in [2.45, 2.75) is 31.1 Å². The highest BCUT2D eigenvalue weighted by atomic mass is 35.5.